The molecule has 3 atom stereocenters. The van der Waals surface area contributed by atoms with Crippen molar-refractivity contribution in [3.8, 4) is 0 Å². The van der Waals surface area contributed by atoms with Crippen LogP contribution in [0.15, 0.2) is 17.1 Å². The molecule has 1 aliphatic heterocycles. The lowest BCUT2D eigenvalue weighted by Gasteiger charge is -2.16. The molecule has 3 N–H and O–H groups in total. The van der Waals surface area contributed by atoms with Crippen LogP contribution >= 0.6 is 0 Å². The summed E-state index contributed by atoms with van der Waals surface area (Å²) in [5, 5.41) is 18.6. The Morgan fingerprint density at radius 1 is 1.52 bits per heavy atom. The van der Waals surface area contributed by atoms with Crippen molar-refractivity contribution in [1.29, 1.82) is 0 Å². The third-order valence-electron chi connectivity index (χ3n) is 2.69. The highest BCUT2D eigenvalue weighted by Gasteiger charge is 2.36. The van der Waals surface area contributed by atoms with E-state index in [-0.39, 0.29) is 13.0 Å². The fraction of sp³-hybridized carbons (Fsp3) is 0.692. The summed E-state index contributed by atoms with van der Waals surface area (Å²) in [7, 11) is 2.64. The molecule has 2 rings (SSSR count). The Morgan fingerprint density at radius 2 is 2.14 bits per heavy atom. The summed E-state index contributed by atoms with van der Waals surface area (Å²) >= 11 is 0. The number of nitrogens with zero attached hydrogens (tertiary/aromatic N) is 2. The SMILES string of the molecule is CC.CNc1ccn(C2O[C@H](CO)C[C@@H]2F)c(=O)n1.CO. The van der Waals surface area contributed by atoms with Crippen molar-refractivity contribution >= 4 is 5.82 Å². The minimum atomic E-state index is -1.31. The maximum Gasteiger partial charge on any atom is 0.351 e. The van der Waals surface area contributed by atoms with Crippen LogP contribution in [0.2, 0.25) is 0 Å². The van der Waals surface area contributed by atoms with Crippen LogP contribution in [0.4, 0.5) is 10.2 Å². The molecule has 1 fully saturated rings. The molecular weight excluding hydrogens is 281 g/mol. The standard InChI is InChI=1S/C10H14FN3O3.C2H6.CH4O/c1-12-8-2-3-14(10(16)13-8)9-7(11)4-6(5-15)17-9;2*1-2/h2-3,6-7,9,15H,4-5H2,1H3,(H,12,13,16);1-2H3;2H,1H3/t6-,7-,9?;;/m0../s1. The number of rotatable bonds is 3. The lowest BCUT2D eigenvalue weighted by atomic mass is 10.2. The van der Waals surface area contributed by atoms with Crippen LogP contribution in [0.1, 0.15) is 26.5 Å². The molecule has 2 heterocycles. The number of alkyl halides is 1. The smallest absolute Gasteiger partial charge is 0.351 e. The molecule has 0 radical (unpaired) electrons. The average molecular weight is 305 g/mol. The highest BCUT2D eigenvalue weighted by molar-refractivity contribution is 5.30. The number of aliphatic hydroxyl groups is 2. The number of ether oxygens (including phenoxy) is 1. The van der Waals surface area contributed by atoms with Crippen LogP contribution < -0.4 is 11.0 Å². The van der Waals surface area contributed by atoms with Crippen molar-refractivity contribution in [2.45, 2.75) is 38.8 Å². The number of aliphatic hydroxyl groups excluding tert-OH is 2. The molecule has 8 heteroatoms. The van der Waals surface area contributed by atoms with E-state index in [0.717, 1.165) is 11.7 Å². The Morgan fingerprint density at radius 3 is 2.57 bits per heavy atom. The number of aromatic nitrogens is 2. The van der Waals surface area contributed by atoms with Gasteiger partial charge in [-0.3, -0.25) is 4.57 Å². The predicted molar refractivity (Wildman–Crippen MR) is 78.0 cm³/mol. The molecule has 0 amide bonds. The van der Waals surface area contributed by atoms with Crippen molar-refractivity contribution in [2.75, 3.05) is 26.1 Å². The van der Waals surface area contributed by atoms with Crippen molar-refractivity contribution in [2.24, 2.45) is 0 Å². The molecule has 7 nitrogen and oxygen atoms in total. The summed E-state index contributed by atoms with van der Waals surface area (Å²) in [5.74, 6) is 0.415. The number of nitrogens with one attached hydrogen (secondary N) is 1. The van der Waals surface area contributed by atoms with Crippen LogP contribution in [0.25, 0.3) is 0 Å². The molecule has 0 saturated carbocycles. The summed E-state index contributed by atoms with van der Waals surface area (Å²) in [5.41, 5.74) is -0.580. The van der Waals surface area contributed by atoms with E-state index >= 15 is 0 Å². The minimum Gasteiger partial charge on any atom is -0.400 e. The van der Waals surface area contributed by atoms with E-state index < -0.39 is 24.2 Å². The van der Waals surface area contributed by atoms with Gasteiger partial charge in [-0.25, -0.2) is 9.18 Å². The van der Waals surface area contributed by atoms with Crippen LogP contribution in [-0.4, -0.2) is 52.8 Å². The summed E-state index contributed by atoms with van der Waals surface area (Å²) in [4.78, 5) is 15.3. The van der Waals surface area contributed by atoms with E-state index in [0.29, 0.717) is 5.82 Å². The molecule has 122 valence electrons. The Bertz CT molecular complexity index is 455. The topological polar surface area (TPSA) is 96.6 Å². The zero-order chi connectivity index (χ0) is 16.4. The molecule has 1 aromatic heterocycles. The second-order valence-corrected chi connectivity index (χ2v) is 3.84. The third-order valence-corrected chi connectivity index (χ3v) is 2.69. The van der Waals surface area contributed by atoms with Gasteiger partial charge in [-0.15, -0.1) is 0 Å². The largest absolute Gasteiger partial charge is 0.400 e. The van der Waals surface area contributed by atoms with E-state index in [1.165, 1.54) is 6.20 Å². The van der Waals surface area contributed by atoms with Gasteiger partial charge in [-0.05, 0) is 6.07 Å². The van der Waals surface area contributed by atoms with Gasteiger partial charge in [0.2, 0.25) is 0 Å². The van der Waals surface area contributed by atoms with E-state index in [1.54, 1.807) is 13.1 Å². The van der Waals surface area contributed by atoms with Crippen LogP contribution in [0, 0.1) is 0 Å². The van der Waals surface area contributed by atoms with Gasteiger partial charge in [0.15, 0.2) is 6.23 Å². The number of hydrogen-bond donors (Lipinski definition) is 3. The Balaban J connectivity index is 0.000000921. The van der Waals surface area contributed by atoms with Gasteiger partial charge in [0.1, 0.15) is 12.0 Å². The van der Waals surface area contributed by atoms with Crippen molar-refractivity contribution in [1.82, 2.24) is 9.55 Å². The molecular formula is C13H24FN3O4. The predicted octanol–water partition coefficient (Wildman–Crippen LogP) is 0.538. The Hall–Kier alpha value is -1.51. The molecule has 0 spiro atoms. The average Bonchev–Trinajstić information content (AvgIpc) is 2.92. The number of anilines is 1. The summed E-state index contributed by atoms with van der Waals surface area (Å²) in [6.45, 7) is 3.74. The first kappa shape index (κ1) is 19.5. The fourth-order valence-electron chi connectivity index (χ4n) is 1.81. The van der Waals surface area contributed by atoms with Crippen LogP contribution in [-0.2, 0) is 4.74 Å². The van der Waals surface area contributed by atoms with E-state index in [4.69, 9.17) is 14.9 Å². The van der Waals surface area contributed by atoms with Crippen molar-refractivity contribution in [3.63, 3.8) is 0 Å². The third kappa shape index (κ3) is 5.07. The Kier molecular flexibility index (Phi) is 9.51. The fourth-order valence-corrected chi connectivity index (χ4v) is 1.81. The van der Waals surface area contributed by atoms with Crippen LogP contribution in [0.5, 0.6) is 0 Å². The van der Waals surface area contributed by atoms with Gasteiger partial charge < -0.3 is 20.3 Å². The highest BCUT2D eigenvalue weighted by Crippen LogP contribution is 2.29. The first-order chi connectivity index (χ1) is 10.2. The zero-order valence-corrected chi connectivity index (χ0v) is 12.8. The molecule has 1 aliphatic rings. The van der Waals surface area contributed by atoms with E-state index in [9.17, 15) is 9.18 Å². The molecule has 0 bridgehead atoms. The first-order valence-corrected chi connectivity index (χ1v) is 6.77. The summed E-state index contributed by atoms with van der Waals surface area (Å²) in [6, 6.07) is 1.56. The second-order valence-electron chi connectivity index (χ2n) is 3.84. The summed E-state index contributed by atoms with van der Waals surface area (Å²) in [6.07, 6.45) is -1.37. The lowest BCUT2D eigenvalue weighted by molar-refractivity contribution is -0.0393. The molecule has 1 unspecified atom stereocenters. The number of halogens is 1. The van der Waals surface area contributed by atoms with Gasteiger partial charge in [-0.2, -0.15) is 4.98 Å². The molecule has 21 heavy (non-hydrogen) atoms. The van der Waals surface area contributed by atoms with E-state index in [1.807, 2.05) is 13.8 Å². The lowest BCUT2D eigenvalue weighted by Crippen LogP contribution is -2.30. The maximum atomic E-state index is 13.6. The molecule has 0 aliphatic carbocycles. The van der Waals surface area contributed by atoms with Gasteiger partial charge in [0, 0.05) is 26.8 Å². The van der Waals surface area contributed by atoms with Crippen LogP contribution in [0.3, 0.4) is 0 Å². The first-order valence-electron chi connectivity index (χ1n) is 6.77. The highest BCUT2D eigenvalue weighted by atomic mass is 19.1. The molecule has 1 aromatic rings. The second kappa shape index (κ2) is 10.3. The zero-order valence-electron chi connectivity index (χ0n) is 12.8. The minimum absolute atomic E-state index is 0.0847. The van der Waals surface area contributed by atoms with Gasteiger partial charge in [0.05, 0.1) is 12.7 Å². The molecule has 1 saturated heterocycles. The summed E-state index contributed by atoms with van der Waals surface area (Å²) < 4.78 is 20.0. The van der Waals surface area contributed by atoms with Crippen molar-refractivity contribution < 1.29 is 19.3 Å². The van der Waals surface area contributed by atoms with Gasteiger partial charge in [-0.1, -0.05) is 13.8 Å². The normalized spacial score (nSPS) is 23.5. The monoisotopic (exact) mass is 305 g/mol. The van der Waals surface area contributed by atoms with E-state index in [2.05, 4.69) is 10.3 Å². The quantitative estimate of drug-likeness (QED) is 0.754. The van der Waals surface area contributed by atoms with Crippen molar-refractivity contribution in [3.05, 3.63) is 22.7 Å². The van der Waals surface area contributed by atoms with Gasteiger partial charge in [0.25, 0.3) is 0 Å². The Labute approximate surface area is 123 Å². The van der Waals surface area contributed by atoms with Gasteiger partial charge >= 0.3 is 5.69 Å². The number of hydrogen-bond acceptors (Lipinski definition) is 6. The maximum absolute atomic E-state index is 13.6. The molecule has 0 aromatic carbocycles.